The molecular weight excluding hydrogens is 320 g/mol. The maximum atomic E-state index is 11.5. The molecule has 124 valence electrons. The Morgan fingerprint density at radius 1 is 1.21 bits per heavy atom. The third-order valence-electron chi connectivity index (χ3n) is 4.96. The molecule has 0 radical (unpaired) electrons. The van der Waals surface area contributed by atoms with Crippen LogP contribution in [0.3, 0.4) is 0 Å². The molecule has 0 N–H and O–H groups in total. The summed E-state index contributed by atoms with van der Waals surface area (Å²) in [6.07, 6.45) is 9.19. The van der Waals surface area contributed by atoms with Gasteiger partial charge in [0.1, 0.15) is 11.4 Å². The maximum absolute atomic E-state index is 11.5. The number of pyridine rings is 1. The Labute approximate surface area is 146 Å². The number of aromatic nitrogens is 4. The van der Waals surface area contributed by atoms with E-state index < -0.39 is 0 Å². The average molecular weight is 340 g/mol. The summed E-state index contributed by atoms with van der Waals surface area (Å²) in [5, 5.41) is 5.54. The van der Waals surface area contributed by atoms with Crippen LogP contribution < -0.4 is 0 Å². The van der Waals surface area contributed by atoms with E-state index in [1.54, 1.807) is 3.97 Å². The van der Waals surface area contributed by atoms with E-state index in [-0.39, 0.29) is 0 Å². The van der Waals surface area contributed by atoms with Gasteiger partial charge < -0.3 is 0 Å². The van der Waals surface area contributed by atoms with Crippen molar-refractivity contribution >= 4 is 29.6 Å². The highest BCUT2D eigenvalue weighted by Crippen LogP contribution is 2.36. The Hall–Kier alpha value is -2.08. The molecule has 24 heavy (non-hydrogen) atoms. The number of thiol groups is 1. The molecule has 5 nitrogen and oxygen atoms in total. The largest absolute Gasteiger partial charge is 0.300 e. The van der Waals surface area contributed by atoms with Gasteiger partial charge >= 0.3 is 0 Å². The highest BCUT2D eigenvalue weighted by atomic mass is 32.1. The fraction of sp³-hybridized carbons (Fsp3) is 0.389. The summed E-state index contributed by atoms with van der Waals surface area (Å²) in [4.78, 5) is 16.1. The quantitative estimate of drug-likeness (QED) is 0.724. The summed E-state index contributed by atoms with van der Waals surface area (Å²) in [5.41, 5.74) is 5.27. The minimum absolute atomic E-state index is 0.383. The van der Waals surface area contributed by atoms with Crippen molar-refractivity contribution in [2.24, 2.45) is 7.05 Å². The molecule has 3 aromatic rings. The fourth-order valence-electron chi connectivity index (χ4n) is 3.68. The summed E-state index contributed by atoms with van der Waals surface area (Å²) in [6.45, 7) is 2.01. The molecule has 3 heterocycles. The summed E-state index contributed by atoms with van der Waals surface area (Å²) in [7, 11) is 1.93. The van der Waals surface area contributed by atoms with E-state index in [9.17, 15) is 4.79 Å². The van der Waals surface area contributed by atoms with Crippen molar-refractivity contribution in [3.05, 3.63) is 35.9 Å². The number of carbonyl (C=O) groups excluding carboxylic acids is 1. The number of ketones is 1. The molecule has 1 aliphatic carbocycles. The predicted octanol–water partition coefficient (Wildman–Crippen LogP) is 3.66. The van der Waals surface area contributed by atoms with E-state index in [0.717, 1.165) is 40.7 Å². The summed E-state index contributed by atoms with van der Waals surface area (Å²) in [6, 6.07) is 2.22. The lowest BCUT2D eigenvalue weighted by Crippen LogP contribution is -2.12. The number of nitrogens with zero attached hydrogens (tertiary/aromatic N) is 4. The standard InChI is InChI=1S/C18H20N4OS/c1-11-16(9-21(2)20-11)17-10-22(24)18-15(17)7-13(8-19-18)12-3-5-14(23)6-4-12/h7-10,12,24H,3-6H2,1-2H3. The van der Waals surface area contributed by atoms with Crippen LogP contribution in [0.2, 0.25) is 0 Å². The maximum Gasteiger partial charge on any atom is 0.150 e. The minimum atomic E-state index is 0.383. The number of Topliss-reactive ketones (excluding diaryl/α,β-unsaturated/α-hetero) is 1. The minimum Gasteiger partial charge on any atom is -0.300 e. The van der Waals surface area contributed by atoms with Crippen LogP contribution >= 0.6 is 12.8 Å². The first-order chi connectivity index (χ1) is 11.5. The van der Waals surface area contributed by atoms with E-state index in [2.05, 4.69) is 29.0 Å². The second kappa shape index (κ2) is 5.77. The van der Waals surface area contributed by atoms with Gasteiger partial charge in [-0.25, -0.2) is 4.98 Å². The average Bonchev–Trinajstić information content (AvgIpc) is 3.07. The second-order valence-corrected chi connectivity index (χ2v) is 7.07. The summed E-state index contributed by atoms with van der Waals surface area (Å²) in [5.74, 6) is 0.805. The van der Waals surface area contributed by atoms with Gasteiger partial charge in [0.2, 0.25) is 0 Å². The SMILES string of the molecule is Cc1nn(C)cc1-c1cn(S)c2ncc(C3CCC(=O)CC3)cc12. The van der Waals surface area contributed by atoms with E-state index in [0.29, 0.717) is 24.5 Å². The molecule has 1 saturated carbocycles. The number of rotatable bonds is 2. The predicted molar refractivity (Wildman–Crippen MR) is 97.3 cm³/mol. The van der Waals surface area contributed by atoms with Crippen LogP contribution in [-0.2, 0) is 11.8 Å². The van der Waals surface area contributed by atoms with Crippen molar-refractivity contribution in [1.29, 1.82) is 0 Å². The van der Waals surface area contributed by atoms with Gasteiger partial charge in [-0.05, 0) is 37.3 Å². The molecule has 0 spiro atoms. The second-order valence-electron chi connectivity index (χ2n) is 6.64. The number of hydrogen-bond donors (Lipinski definition) is 1. The van der Waals surface area contributed by atoms with Crippen LogP contribution in [0.25, 0.3) is 22.2 Å². The Bertz CT molecular complexity index is 930. The summed E-state index contributed by atoms with van der Waals surface area (Å²) < 4.78 is 3.60. The first-order valence-electron chi connectivity index (χ1n) is 8.25. The van der Waals surface area contributed by atoms with Crippen LogP contribution in [0, 0.1) is 6.92 Å². The van der Waals surface area contributed by atoms with Gasteiger partial charge in [-0.2, -0.15) is 5.10 Å². The van der Waals surface area contributed by atoms with E-state index in [1.165, 1.54) is 5.56 Å². The van der Waals surface area contributed by atoms with Crippen LogP contribution in [-0.4, -0.2) is 24.5 Å². The van der Waals surface area contributed by atoms with Gasteiger partial charge in [0.25, 0.3) is 0 Å². The lowest BCUT2D eigenvalue weighted by molar-refractivity contribution is -0.120. The molecule has 0 aromatic carbocycles. The fourth-order valence-corrected chi connectivity index (χ4v) is 3.96. The van der Waals surface area contributed by atoms with Crippen molar-refractivity contribution in [1.82, 2.24) is 18.7 Å². The molecule has 0 atom stereocenters. The van der Waals surface area contributed by atoms with Crippen LogP contribution in [0.5, 0.6) is 0 Å². The van der Waals surface area contributed by atoms with Gasteiger partial charge in [0.05, 0.1) is 5.69 Å². The molecule has 4 rings (SSSR count). The number of hydrogen-bond acceptors (Lipinski definition) is 4. The van der Waals surface area contributed by atoms with Gasteiger partial charge in [0.15, 0.2) is 0 Å². The highest BCUT2D eigenvalue weighted by Gasteiger charge is 2.22. The highest BCUT2D eigenvalue weighted by molar-refractivity contribution is 7.78. The van der Waals surface area contributed by atoms with Crippen molar-refractivity contribution in [3.63, 3.8) is 0 Å². The zero-order valence-electron chi connectivity index (χ0n) is 13.9. The number of carbonyl (C=O) groups is 1. The van der Waals surface area contributed by atoms with Gasteiger partial charge in [-0.3, -0.25) is 13.4 Å². The topological polar surface area (TPSA) is 52.7 Å². The number of aryl methyl sites for hydroxylation is 2. The molecular formula is C18H20N4OS. The van der Waals surface area contributed by atoms with Gasteiger partial charge in [-0.1, -0.05) is 12.8 Å². The van der Waals surface area contributed by atoms with Crippen molar-refractivity contribution in [3.8, 4) is 11.1 Å². The van der Waals surface area contributed by atoms with Crippen LogP contribution in [0.4, 0.5) is 0 Å². The molecule has 0 unspecified atom stereocenters. The monoisotopic (exact) mass is 340 g/mol. The molecule has 0 amide bonds. The molecule has 0 bridgehead atoms. The van der Waals surface area contributed by atoms with E-state index >= 15 is 0 Å². The van der Waals surface area contributed by atoms with Crippen molar-refractivity contribution in [2.45, 2.75) is 38.5 Å². The van der Waals surface area contributed by atoms with E-state index in [1.807, 2.05) is 37.2 Å². The lowest BCUT2D eigenvalue weighted by atomic mass is 9.84. The Morgan fingerprint density at radius 3 is 2.62 bits per heavy atom. The Morgan fingerprint density at radius 2 is 1.96 bits per heavy atom. The zero-order chi connectivity index (χ0) is 16.8. The Kier molecular flexibility index (Phi) is 3.72. The normalized spacial score (nSPS) is 16.2. The first kappa shape index (κ1) is 15.4. The van der Waals surface area contributed by atoms with Gasteiger partial charge in [0, 0.05) is 55.0 Å². The molecule has 1 aliphatic rings. The molecule has 0 aliphatic heterocycles. The first-order valence-corrected chi connectivity index (χ1v) is 8.65. The van der Waals surface area contributed by atoms with E-state index in [4.69, 9.17) is 0 Å². The molecule has 3 aromatic heterocycles. The summed E-state index contributed by atoms with van der Waals surface area (Å²) >= 11 is 4.52. The van der Waals surface area contributed by atoms with Crippen molar-refractivity contribution < 1.29 is 4.79 Å². The molecule has 0 saturated heterocycles. The molecule has 6 heteroatoms. The third kappa shape index (κ3) is 2.55. The number of fused-ring (bicyclic) bond motifs is 1. The Balaban J connectivity index is 1.82. The smallest absolute Gasteiger partial charge is 0.150 e. The van der Waals surface area contributed by atoms with Crippen LogP contribution in [0.15, 0.2) is 24.7 Å². The lowest BCUT2D eigenvalue weighted by Gasteiger charge is -2.21. The van der Waals surface area contributed by atoms with Gasteiger partial charge in [-0.15, -0.1) is 0 Å². The zero-order valence-corrected chi connectivity index (χ0v) is 14.8. The van der Waals surface area contributed by atoms with Crippen LogP contribution in [0.1, 0.15) is 42.9 Å². The van der Waals surface area contributed by atoms with Crippen molar-refractivity contribution in [2.75, 3.05) is 0 Å². The molecule has 1 fully saturated rings. The third-order valence-corrected chi connectivity index (χ3v) is 5.27.